The highest BCUT2D eigenvalue weighted by Crippen LogP contribution is 2.16. The lowest BCUT2D eigenvalue weighted by molar-refractivity contribution is 0.321. The van der Waals surface area contributed by atoms with Crippen LogP contribution >= 0.6 is 35.3 Å². The topological polar surface area (TPSA) is 67.8 Å². The summed E-state index contributed by atoms with van der Waals surface area (Å²) in [5, 5.41) is 9.84. The highest BCUT2D eigenvalue weighted by molar-refractivity contribution is 14.0. The van der Waals surface area contributed by atoms with E-state index in [9.17, 15) is 0 Å². The van der Waals surface area contributed by atoms with Gasteiger partial charge in [-0.15, -0.1) is 35.3 Å². The molecule has 0 fully saturated rings. The number of hydrogen-bond acceptors (Lipinski definition) is 5. The lowest BCUT2D eigenvalue weighted by Crippen LogP contribution is -2.40. The molecule has 0 aliphatic carbocycles. The van der Waals surface area contributed by atoms with Gasteiger partial charge in [0.25, 0.3) is 0 Å². The number of aromatic nitrogens is 1. The van der Waals surface area contributed by atoms with Gasteiger partial charge in [-0.05, 0) is 30.7 Å². The van der Waals surface area contributed by atoms with Gasteiger partial charge >= 0.3 is 0 Å². The largest absolute Gasteiger partial charge is 0.497 e. The van der Waals surface area contributed by atoms with E-state index in [1.807, 2.05) is 24.3 Å². The van der Waals surface area contributed by atoms with Crippen molar-refractivity contribution >= 4 is 41.3 Å². The Balaban J connectivity index is 0.00000338. The van der Waals surface area contributed by atoms with E-state index >= 15 is 0 Å². The molecule has 0 unspecified atom stereocenters. The van der Waals surface area contributed by atoms with E-state index in [0.717, 1.165) is 42.5 Å². The molecule has 0 radical (unpaired) electrons. The number of guanidine groups is 1. The summed E-state index contributed by atoms with van der Waals surface area (Å²) in [6.45, 7) is 4.15. The molecule has 144 valence electrons. The molecule has 0 aliphatic heterocycles. The monoisotopic (exact) mass is 490 g/mol. The average Bonchev–Trinajstić information content (AvgIpc) is 3.12. The van der Waals surface area contributed by atoms with Crippen molar-refractivity contribution in [3.8, 4) is 11.5 Å². The predicted octanol–water partition coefficient (Wildman–Crippen LogP) is 3.12. The second-order valence-electron chi connectivity index (χ2n) is 5.29. The van der Waals surface area contributed by atoms with Gasteiger partial charge in [0.05, 0.1) is 24.4 Å². The smallest absolute Gasteiger partial charge is 0.191 e. The first-order valence-electron chi connectivity index (χ1n) is 8.39. The van der Waals surface area contributed by atoms with E-state index < -0.39 is 0 Å². The number of halogens is 1. The Bertz CT molecular complexity index is 661. The number of benzene rings is 1. The van der Waals surface area contributed by atoms with Gasteiger partial charge in [-0.1, -0.05) is 6.92 Å². The van der Waals surface area contributed by atoms with Crippen LogP contribution in [0.5, 0.6) is 11.5 Å². The van der Waals surface area contributed by atoms with Gasteiger partial charge in [0.1, 0.15) is 18.1 Å². The third kappa shape index (κ3) is 7.77. The number of rotatable bonds is 9. The lowest BCUT2D eigenvalue weighted by atomic mass is 10.3. The van der Waals surface area contributed by atoms with E-state index in [-0.39, 0.29) is 24.0 Å². The summed E-state index contributed by atoms with van der Waals surface area (Å²) in [6.07, 6.45) is 1.88. The standard InChI is InChI=1S/C18H26N4O2S.HI/c1-4-17-22-14(13-25-17)9-10-20-18(19-2)21-11-12-24-16-7-5-15(23-3)6-8-16;/h5-8,13H,4,9-12H2,1-3H3,(H2,19,20,21);1H. The van der Waals surface area contributed by atoms with Crippen LogP contribution in [0.2, 0.25) is 0 Å². The molecule has 0 aliphatic rings. The first kappa shape index (κ1) is 22.5. The number of nitrogens with one attached hydrogen (secondary N) is 2. The Morgan fingerprint density at radius 3 is 2.46 bits per heavy atom. The number of aliphatic imine (C=N–C) groups is 1. The van der Waals surface area contributed by atoms with Gasteiger partial charge in [-0.3, -0.25) is 4.99 Å². The highest BCUT2D eigenvalue weighted by Gasteiger charge is 2.02. The first-order chi connectivity index (χ1) is 12.2. The summed E-state index contributed by atoms with van der Waals surface area (Å²) in [5.74, 6) is 2.41. The van der Waals surface area contributed by atoms with Crippen LogP contribution in [-0.2, 0) is 12.8 Å². The van der Waals surface area contributed by atoms with Crippen molar-refractivity contribution in [1.29, 1.82) is 0 Å². The quantitative estimate of drug-likeness (QED) is 0.245. The van der Waals surface area contributed by atoms with E-state index in [4.69, 9.17) is 9.47 Å². The molecule has 26 heavy (non-hydrogen) atoms. The summed E-state index contributed by atoms with van der Waals surface area (Å²) in [4.78, 5) is 8.77. The Morgan fingerprint density at radius 2 is 1.85 bits per heavy atom. The van der Waals surface area contributed by atoms with Crippen molar-refractivity contribution in [1.82, 2.24) is 15.6 Å². The fourth-order valence-electron chi connectivity index (χ4n) is 2.17. The number of hydrogen-bond donors (Lipinski definition) is 2. The fourth-order valence-corrected chi connectivity index (χ4v) is 2.95. The van der Waals surface area contributed by atoms with Crippen molar-refractivity contribution < 1.29 is 9.47 Å². The maximum Gasteiger partial charge on any atom is 0.191 e. The van der Waals surface area contributed by atoms with Crippen LogP contribution in [0.4, 0.5) is 0 Å². The molecule has 1 aromatic heterocycles. The molecule has 0 atom stereocenters. The van der Waals surface area contributed by atoms with E-state index in [1.54, 1.807) is 25.5 Å². The third-order valence-electron chi connectivity index (χ3n) is 3.52. The molecule has 0 amide bonds. The molecule has 1 heterocycles. The molecule has 8 heteroatoms. The minimum atomic E-state index is 0. The molecular formula is C18H27IN4O2S. The predicted molar refractivity (Wildman–Crippen MR) is 118 cm³/mol. The van der Waals surface area contributed by atoms with Crippen molar-refractivity contribution in [2.45, 2.75) is 19.8 Å². The highest BCUT2D eigenvalue weighted by atomic mass is 127. The lowest BCUT2D eigenvalue weighted by Gasteiger charge is -2.12. The van der Waals surface area contributed by atoms with Crippen LogP contribution in [0.1, 0.15) is 17.6 Å². The van der Waals surface area contributed by atoms with Crippen molar-refractivity contribution in [2.24, 2.45) is 4.99 Å². The van der Waals surface area contributed by atoms with Gasteiger partial charge in [0.15, 0.2) is 5.96 Å². The number of ether oxygens (including phenoxy) is 2. The van der Waals surface area contributed by atoms with Crippen LogP contribution in [0.15, 0.2) is 34.6 Å². The van der Waals surface area contributed by atoms with Gasteiger partial charge in [-0.2, -0.15) is 0 Å². The second kappa shape index (κ2) is 12.7. The Labute approximate surface area is 176 Å². The second-order valence-corrected chi connectivity index (χ2v) is 6.23. The van der Waals surface area contributed by atoms with Crippen molar-refractivity contribution in [2.75, 3.05) is 33.9 Å². The third-order valence-corrected chi connectivity index (χ3v) is 4.56. The van der Waals surface area contributed by atoms with Gasteiger partial charge < -0.3 is 20.1 Å². The van der Waals surface area contributed by atoms with Crippen molar-refractivity contribution in [3.05, 3.63) is 40.3 Å². The van der Waals surface area contributed by atoms with Crippen molar-refractivity contribution in [3.63, 3.8) is 0 Å². The van der Waals surface area contributed by atoms with E-state index in [1.165, 1.54) is 5.01 Å². The number of nitrogens with zero attached hydrogens (tertiary/aromatic N) is 2. The minimum Gasteiger partial charge on any atom is -0.497 e. The molecule has 2 rings (SSSR count). The average molecular weight is 490 g/mol. The number of aryl methyl sites for hydroxylation is 1. The maximum absolute atomic E-state index is 5.68. The molecule has 2 N–H and O–H groups in total. The fraction of sp³-hybridized carbons (Fsp3) is 0.444. The maximum atomic E-state index is 5.68. The zero-order chi connectivity index (χ0) is 17.9. The molecule has 2 aromatic rings. The van der Waals surface area contributed by atoms with Crippen LogP contribution in [0, 0.1) is 0 Å². The molecule has 0 saturated carbocycles. The summed E-state index contributed by atoms with van der Waals surface area (Å²) in [6, 6.07) is 7.55. The minimum absolute atomic E-state index is 0. The van der Waals surface area contributed by atoms with Crippen LogP contribution in [0.25, 0.3) is 0 Å². The van der Waals surface area contributed by atoms with E-state index in [0.29, 0.717) is 13.2 Å². The van der Waals surface area contributed by atoms with Crippen LogP contribution in [0.3, 0.4) is 0 Å². The first-order valence-corrected chi connectivity index (χ1v) is 9.27. The SMILES string of the molecule is CCc1nc(CCNC(=NC)NCCOc2ccc(OC)cc2)cs1.I. The zero-order valence-electron chi connectivity index (χ0n) is 15.4. The van der Waals surface area contributed by atoms with Gasteiger partial charge in [-0.25, -0.2) is 4.98 Å². The Kier molecular flexibility index (Phi) is 11.0. The molecule has 6 nitrogen and oxygen atoms in total. The Morgan fingerprint density at radius 1 is 1.15 bits per heavy atom. The van der Waals surface area contributed by atoms with Gasteiger partial charge in [0, 0.05) is 25.4 Å². The molecular weight excluding hydrogens is 463 g/mol. The molecule has 1 aromatic carbocycles. The zero-order valence-corrected chi connectivity index (χ0v) is 18.6. The summed E-state index contributed by atoms with van der Waals surface area (Å²) in [5.41, 5.74) is 1.13. The summed E-state index contributed by atoms with van der Waals surface area (Å²) < 4.78 is 10.8. The molecule has 0 spiro atoms. The Hall–Kier alpha value is -1.55. The van der Waals surface area contributed by atoms with Crippen LogP contribution < -0.4 is 20.1 Å². The number of thiazole rings is 1. The normalized spacial score (nSPS) is 10.8. The van der Waals surface area contributed by atoms with Gasteiger partial charge in [0.2, 0.25) is 0 Å². The number of methoxy groups -OCH3 is 1. The van der Waals surface area contributed by atoms with Crippen LogP contribution in [-0.4, -0.2) is 44.8 Å². The summed E-state index contributed by atoms with van der Waals surface area (Å²) >= 11 is 1.72. The van der Waals surface area contributed by atoms with E-state index in [2.05, 4.69) is 32.9 Å². The molecule has 0 bridgehead atoms. The molecule has 0 saturated heterocycles. The summed E-state index contributed by atoms with van der Waals surface area (Å²) in [7, 11) is 3.41.